The molecule has 5 heteroatoms. The number of carbonyl (C=O) groups is 2. The molecular weight excluding hydrogens is 324 g/mol. The minimum Gasteiger partial charge on any atom is -0.325 e. The largest absolute Gasteiger partial charge is 0.325 e. The lowest BCUT2D eigenvalue weighted by Crippen LogP contribution is -2.22. The maximum Gasteiger partial charge on any atom is 0.233 e. The summed E-state index contributed by atoms with van der Waals surface area (Å²) in [5.74, 6) is -0.734. The summed E-state index contributed by atoms with van der Waals surface area (Å²) in [7, 11) is 0. The Morgan fingerprint density at radius 2 is 1.46 bits per heavy atom. The van der Waals surface area contributed by atoms with Crippen LogP contribution in [0.4, 0.5) is 11.4 Å². The SMILES string of the molecule is CCc1cccc(CC)c1NC(=O)CC(=O)Nc1ccccc1Cl. The Bertz CT molecular complexity index is 722. The van der Waals surface area contributed by atoms with Crippen LogP contribution in [0.15, 0.2) is 42.5 Å². The van der Waals surface area contributed by atoms with Crippen LogP contribution < -0.4 is 10.6 Å². The topological polar surface area (TPSA) is 58.2 Å². The minimum atomic E-state index is -0.396. The molecular formula is C19H21ClN2O2. The van der Waals surface area contributed by atoms with Gasteiger partial charge in [0.2, 0.25) is 11.8 Å². The van der Waals surface area contributed by atoms with Crippen molar-refractivity contribution in [2.45, 2.75) is 33.1 Å². The van der Waals surface area contributed by atoms with Gasteiger partial charge in [-0.15, -0.1) is 0 Å². The van der Waals surface area contributed by atoms with Gasteiger partial charge >= 0.3 is 0 Å². The molecule has 2 aromatic carbocycles. The molecule has 0 spiro atoms. The van der Waals surface area contributed by atoms with Gasteiger partial charge < -0.3 is 10.6 Å². The van der Waals surface area contributed by atoms with Crippen LogP contribution in [0.3, 0.4) is 0 Å². The number of hydrogen-bond acceptors (Lipinski definition) is 2. The van der Waals surface area contributed by atoms with E-state index in [1.165, 1.54) is 0 Å². The summed E-state index contributed by atoms with van der Waals surface area (Å²) in [6, 6.07) is 12.9. The molecule has 0 aliphatic rings. The van der Waals surface area contributed by atoms with Crippen LogP contribution in [0.2, 0.25) is 5.02 Å². The number of benzene rings is 2. The minimum absolute atomic E-state index is 0.258. The number of carbonyl (C=O) groups excluding carboxylic acids is 2. The van der Waals surface area contributed by atoms with Crippen molar-refractivity contribution < 1.29 is 9.59 Å². The third kappa shape index (κ3) is 4.59. The molecule has 2 aromatic rings. The highest BCUT2D eigenvalue weighted by molar-refractivity contribution is 6.33. The van der Waals surface area contributed by atoms with E-state index in [-0.39, 0.29) is 12.3 Å². The van der Waals surface area contributed by atoms with Gasteiger partial charge in [-0.1, -0.05) is 55.8 Å². The van der Waals surface area contributed by atoms with E-state index in [2.05, 4.69) is 10.6 Å². The molecule has 126 valence electrons. The summed E-state index contributed by atoms with van der Waals surface area (Å²) < 4.78 is 0. The lowest BCUT2D eigenvalue weighted by atomic mass is 10.0. The maximum absolute atomic E-state index is 12.2. The third-order valence-electron chi connectivity index (χ3n) is 3.73. The van der Waals surface area contributed by atoms with Crippen molar-refractivity contribution >= 4 is 34.8 Å². The molecule has 0 fully saturated rings. The summed E-state index contributed by atoms with van der Waals surface area (Å²) in [6.45, 7) is 4.07. The smallest absolute Gasteiger partial charge is 0.233 e. The van der Waals surface area contributed by atoms with Crippen LogP contribution in [0, 0.1) is 0 Å². The summed E-state index contributed by atoms with van der Waals surface area (Å²) in [5.41, 5.74) is 3.45. The Morgan fingerprint density at radius 1 is 0.875 bits per heavy atom. The van der Waals surface area contributed by atoms with Gasteiger partial charge in [-0.3, -0.25) is 9.59 Å². The average Bonchev–Trinajstić information content (AvgIpc) is 2.57. The van der Waals surface area contributed by atoms with Crippen molar-refractivity contribution in [3.05, 3.63) is 58.6 Å². The van der Waals surface area contributed by atoms with Crippen LogP contribution in [-0.2, 0) is 22.4 Å². The van der Waals surface area contributed by atoms with E-state index in [0.717, 1.165) is 29.7 Å². The van der Waals surface area contributed by atoms with E-state index in [0.29, 0.717) is 10.7 Å². The van der Waals surface area contributed by atoms with E-state index < -0.39 is 5.91 Å². The Balaban J connectivity index is 2.03. The molecule has 0 saturated heterocycles. The molecule has 0 aromatic heterocycles. The first-order valence-corrected chi connectivity index (χ1v) is 8.37. The molecule has 2 rings (SSSR count). The van der Waals surface area contributed by atoms with E-state index in [4.69, 9.17) is 11.6 Å². The second-order valence-electron chi connectivity index (χ2n) is 5.41. The highest BCUT2D eigenvalue weighted by Gasteiger charge is 2.14. The Labute approximate surface area is 147 Å². The highest BCUT2D eigenvalue weighted by Crippen LogP contribution is 2.23. The van der Waals surface area contributed by atoms with Crippen LogP contribution in [0.1, 0.15) is 31.4 Å². The van der Waals surface area contributed by atoms with Gasteiger partial charge in [0.05, 0.1) is 10.7 Å². The first-order valence-electron chi connectivity index (χ1n) is 8.00. The molecule has 0 aliphatic heterocycles. The molecule has 0 atom stereocenters. The third-order valence-corrected chi connectivity index (χ3v) is 4.06. The molecule has 0 aliphatic carbocycles. The Morgan fingerprint density at radius 3 is 2.04 bits per heavy atom. The lowest BCUT2D eigenvalue weighted by Gasteiger charge is -2.14. The van der Waals surface area contributed by atoms with E-state index in [9.17, 15) is 9.59 Å². The molecule has 2 amide bonds. The number of anilines is 2. The summed E-state index contributed by atoms with van der Waals surface area (Å²) in [6.07, 6.45) is 1.37. The van der Waals surface area contributed by atoms with Crippen molar-refractivity contribution in [3.8, 4) is 0 Å². The molecule has 0 heterocycles. The predicted octanol–water partition coefficient (Wildman–Crippen LogP) is 4.43. The van der Waals surface area contributed by atoms with E-state index in [1.807, 2.05) is 32.0 Å². The number of aryl methyl sites for hydroxylation is 2. The molecule has 0 unspecified atom stereocenters. The quantitative estimate of drug-likeness (QED) is 0.761. The monoisotopic (exact) mass is 344 g/mol. The van der Waals surface area contributed by atoms with Crippen molar-refractivity contribution in [1.29, 1.82) is 0 Å². The highest BCUT2D eigenvalue weighted by atomic mass is 35.5. The number of hydrogen-bond donors (Lipinski definition) is 2. The van der Waals surface area contributed by atoms with Crippen LogP contribution >= 0.6 is 11.6 Å². The van der Waals surface area contributed by atoms with Crippen molar-refractivity contribution in [1.82, 2.24) is 0 Å². The summed E-state index contributed by atoms with van der Waals surface area (Å²) in [5, 5.41) is 5.97. The average molecular weight is 345 g/mol. The fraction of sp³-hybridized carbons (Fsp3) is 0.263. The van der Waals surface area contributed by atoms with Gasteiger partial charge in [0.15, 0.2) is 0 Å². The number of amides is 2. The molecule has 0 bridgehead atoms. The molecule has 24 heavy (non-hydrogen) atoms. The Hall–Kier alpha value is -2.33. The second-order valence-corrected chi connectivity index (χ2v) is 5.82. The van der Waals surface area contributed by atoms with E-state index in [1.54, 1.807) is 24.3 Å². The van der Waals surface area contributed by atoms with E-state index >= 15 is 0 Å². The summed E-state index contributed by atoms with van der Waals surface area (Å²) in [4.78, 5) is 24.3. The first-order chi connectivity index (χ1) is 11.5. The van der Waals surface area contributed by atoms with Gasteiger partial charge in [-0.25, -0.2) is 0 Å². The second kappa shape index (κ2) is 8.50. The number of nitrogens with one attached hydrogen (secondary N) is 2. The van der Waals surface area contributed by atoms with Gasteiger partial charge in [0, 0.05) is 5.69 Å². The molecule has 0 radical (unpaired) electrons. The first kappa shape index (κ1) is 18.0. The fourth-order valence-corrected chi connectivity index (χ4v) is 2.67. The van der Waals surface area contributed by atoms with Crippen LogP contribution in [0.25, 0.3) is 0 Å². The standard InChI is InChI=1S/C19H21ClN2O2/c1-3-13-8-7-9-14(4-2)19(13)22-18(24)12-17(23)21-16-11-6-5-10-15(16)20/h5-11H,3-4,12H2,1-2H3,(H,21,23)(H,22,24). The maximum atomic E-state index is 12.2. The normalized spacial score (nSPS) is 10.3. The van der Waals surface area contributed by atoms with Crippen LogP contribution in [0.5, 0.6) is 0 Å². The lowest BCUT2D eigenvalue weighted by molar-refractivity contribution is -0.123. The molecule has 0 saturated carbocycles. The van der Waals surface area contributed by atoms with Gasteiger partial charge in [0.25, 0.3) is 0 Å². The zero-order valence-electron chi connectivity index (χ0n) is 13.9. The predicted molar refractivity (Wildman–Crippen MR) is 98.5 cm³/mol. The number of rotatable bonds is 6. The van der Waals surface area contributed by atoms with Gasteiger partial charge in [-0.2, -0.15) is 0 Å². The zero-order valence-corrected chi connectivity index (χ0v) is 14.6. The fourth-order valence-electron chi connectivity index (χ4n) is 2.49. The van der Waals surface area contributed by atoms with Crippen molar-refractivity contribution in [2.75, 3.05) is 10.6 Å². The van der Waals surface area contributed by atoms with Crippen LogP contribution in [-0.4, -0.2) is 11.8 Å². The summed E-state index contributed by atoms with van der Waals surface area (Å²) >= 11 is 6.00. The number of halogens is 1. The zero-order chi connectivity index (χ0) is 17.5. The Kier molecular flexibility index (Phi) is 6.38. The number of para-hydroxylation sites is 2. The molecule has 4 nitrogen and oxygen atoms in total. The molecule has 2 N–H and O–H groups in total. The van der Waals surface area contributed by atoms with Crippen molar-refractivity contribution in [2.24, 2.45) is 0 Å². The van der Waals surface area contributed by atoms with Gasteiger partial charge in [0.1, 0.15) is 6.42 Å². The van der Waals surface area contributed by atoms with Crippen molar-refractivity contribution in [3.63, 3.8) is 0 Å². The van der Waals surface area contributed by atoms with Gasteiger partial charge in [-0.05, 0) is 36.1 Å².